The van der Waals surface area contributed by atoms with Crippen molar-refractivity contribution in [1.29, 1.82) is 0 Å². The molecular formula is C19H29NO5S. The third kappa shape index (κ3) is 4.98. The topological polar surface area (TPSA) is 72.9 Å². The maximum atomic E-state index is 13.1. The number of sulfone groups is 1. The van der Waals surface area contributed by atoms with Crippen molar-refractivity contribution in [1.82, 2.24) is 4.90 Å². The van der Waals surface area contributed by atoms with Crippen LogP contribution in [0, 0.1) is 5.92 Å². The lowest BCUT2D eigenvalue weighted by Crippen LogP contribution is -2.46. The third-order valence-corrected chi connectivity index (χ3v) is 6.90. The van der Waals surface area contributed by atoms with Crippen molar-refractivity contribution in [2.24, 2.45) is 5.92 Å². The average molecular weight is 384 g/mol. The predicted octanol–water partition coefficient (Wildman–Crippen LogP) is 2.87. The highest BCUT2D eigenvalue weighted by Crippen LogP contribution is 2.30. The van der Waals surface area contributed by atoms with Gasteiger partial charge in [0, 0.05) is 0 Å². The minimum atomic E-state index is -3.57. The van der Waals surface area contributed by atoms with Crippen molar-refractivity contribution in [3.8, 4) is 5.75 Å². The van der Waals surface area contributed by atoms with E-state index in [1.54, 1.807) is 43.1 Å². The lowest BCUT2D eigenvalue weighted by molar-refractivity contribution is -0.149. The molecule has 146 valence electrons. The first-order chi connectivity index (χ1) is 12.4. The molecule has 1 heterocycles. The molecule has 1 saturated heterocycles. The van der Waals surface area contributed by atoms with Crippen LogP contribution < -0.4 is 4.74 Å². The fraction of sp³-hybridized carbons (Fsp3) is 0.632. The molecule has 1 aliphatic rings. The largest absolute Gasteiger partial charge is 0.494 e. The van der Waals surface area contributed by atoms with Gasteiger partial charge in [-0.1, -0.05) is 13.3 Å². The number of hydrogen-bond donors (Lipinski definition) is 0. The van der Waals surface area contributed by atoms with Crippen LogP contribution in [-0.4, -0.2) is 51.5 Å². The van der Waals surface area contributed by atoms with Crippen LogP contribution >= 0.6 is 0 Å². The highest BCUT2D eigenvalue weighted by molar-refractivity contribution is 7.92. The summed E-state index contributed by atoms with van der Waals surface area (Å²) in [5.41, 5.74) is 0. The van der Waals surface area contributed by atoms with Crippen molar-refractivity contribution in [2.75, 3.05) is 26.8 Å². The third-order valence-electron chi connectivity index (χ3n) is 4.71. The van der Waals surface area contributed by atoms with Gasteiger partial charge in [-0.3, -0.25) is 9.69 Å². The molecule has 1 aromatic rings. The second kappa shape index (κ2) is 9.37. The minimum absolute atomic E-state index is 0.252. The Labute approximate surface area is 156 Å². The number of rotatable bonds is 8. The van der Waals surface area contributed by atoms with Gasteiger partial charge < -0.3 is 9.47 Å². The maximum Gasteiger partial charge on any atom is 0.309 e. The van der Waals surface area contributed by atoms with Gasteiger partial charge in [0.15, 0.2) is 9.84 Å². The van der Waals surface area contributed by atoms with E-state index in [4.69, 9.17) is 9.47 Å². The molecule has 7 heteroatoms. The van der Waals surface area contributed by atoms with Gasteiger partial charge in [0.25, 0.3) is 0 Å². The van der Waals surface area contributed by atoms with Gasteiger partial charge in [-0.2, -0.15) is 0 Å². The van der Waals surface area contributed by atoms with Gasteiger partial charge >= 0.3 is 5.97 Å². The van der Waals surface area contributed by atoms with Gasteiger partial charge in [0.1, 0.15) is 11.1 Å². The molecule has 1 aromatic carbocycles. The normalized spacial score (nSPS) is 21.3. The van der Waals surface area contributed by atoms with Crippen LogP contribution in [0.5, 0.6) is 5.75 Å². The van der Waals surface area contributed by atoms with E-state index in [1.807, 2.05) is 0 Å². The monoisotopic (exact) mass is 383 g/mol. The number of benzene rings is 1. The quantitative estimate of drug-likeness (QED) is 0.508. The van der Waals surface area contributed by atoms with E-state index in [9.17, 15) is 13.2 Å². The second-order valence-electron chi connectivity index (χ2n) is 6.63. The van der Waals surface area contributed by atoms with Crippen LogP contribution in [0.25, 0.3) is 0 Å². The number of likely N-dealkylation sites (tertiary alicyclic amines) is 1. The number of hydrogen-bond acceptors (Lipinski definition) is 6. The molecule has 0 radical (unpaired) electrons. The minimum Gasteiger partial charge on any atom is -0.494 e. The van der Waals surface area contributed by atoms with Crippen LogP contribution in [0.4, 0.5) is 0 Å². The molecule has 26 heavy (non-hydrogen) atoms. The van der Waals surface area contributed by atoms with Crippen LogP contribution in [0.3, 0.4) is 0 Å². The van der Waals surface area contributed by atoms with E-state index in [0.717, 1.165) is 12.8 Å². The first kappa shape index (κ1) is 20.7. The summed E-state index contributed by atoms with van der Waals surface area (Å²) in [5.74, 6) is -0.0122. The fourth-order valence-corrected chi connectivity index (χ4v) is 4.99. The summed E-state index contributed by atoms with van der Waals surface area (Å²) >= 11 is 0. The van der Waals surface area contributed by atoms with Crippen molar-refractivity contribution in [2.45, 2.75) is 49.8 Å². The molecule has 0 spiro atoms. The highest BCUT2D eigenvalue weighted by Gasteiger charge is 2.39. The Balaban J connectivity index is 2.12. The van der Waals surface area contributed by atoms with Gasteiger partial charge in [0.05, 0.1) is 24.0 Å². The standard InChI is InChI=1S/C19H29NO5S/c1-4-6-13-25-16-7-9-17(10-8-16)26(22,23)18-14-15(11-12-20(18)3)19(21)24-5-2/h7-10,15,18H,4-6,11-14H2,1-3H3. The second-order valence-corrected chi connectivity index (χ2v) is 8.73. The number of piperidine rings is 1. The smallest absolute Gasteiger partial charge is 0.309 e. The average Bonchev–Trinajstić information content (AvgIpc) is 2.63. The zero-order chi connectivity index (χ0) is 19.2. The Morgan fingerprint density at radius 2 is 1.92 bits per heavy atom. The summed E-state index contributed by atoms with van der Waals surface area (Å²) in [6.45, 7) is 5.32. The number of esters is 1. The Kier molecular flexibility index (Phi) is 7.46. The van der Waals surface area contributed by atoms with Gasteiger partial charge in [0.2, 0.25) is 0 Å². The highest BCUT2D eigenvalue weighted by atomic mass is 32.2. The molecule has 0 bridgehead atoms. The van der Waals surface area contributed by atoms with E-state index < -0.39 is 15.2 Å². The summed E-state index contributed by atoms with van der Waals surface area (Å²) in [5, 5.41) is -0.725. The van der Waals surface area contributed by atoms with E-state index >= 15 is 0 Å². The first-order valence-corrected chi connectivity index (χ1v) is 10.8. The molecule has 1 fully saturated rings. The van der Waals surface area contributed by atoms with Crippen molar-refractivity contribution in [3.63, 3.8) is 0 Å². The number of ether oxygens (including phenoxy) is 2. The first-order valence-electron chi connectivity index (χ1n) is 9.23. The molecule has 0 aromatic heterocycles. The molecule has 0 saturated carbocycles. The maximum absolute atomic E-state index is 13.1. The lowest BCUT2D eigenvalue weighted by atomic mass is 9.97. The van der Waals surface area contributed by atoms with Crippen molar-refractivity contribution < 1.29 is 22.7 Å². The van der Waals surface area contributed by atoms with Crippen LogP contribution in [0.15, 0.2) is 29.2 Å². The Morgan fingerprint density at radius 3 is 2.54 bits per heavy atom. The van der Waals surface area contributed by atoms with Gasteiger partial charge in [-0.05, 0) is 64.0 Å². The zero-order valence-corrected chi connectivity index (χ0v) is 16.6. The molecule has 1 aliphatic heterocycles. The summed E-state index contributed by atoms with van der Waals surface area (Å²) in [6.07, 6.45) is 2.88. The van der Waals surface area contributed by atoms with Crippen molar-refractivity contribution in [3.05, 3.63) is 24.3 Å². The number of carbonyl (C=O) groups excluding carboxylic acids is 1. The Morgan fingerprint density at radius 1 is 1.23 bits per heavy atom. The zero-order valence-electron chi connectivity index (χ0n) is 15.8. The van der Waals surface area contributed by atoms with E-state index in [-0.39, 0.29) is 23.2 Å². The molecule has 6 nitrogen and oxygen atoms in total. The number of unbranched alkanes of at least 4 members (excludes halogenated alkanes) is 1. The predicted molar refractivity (Wildman–Crippen MR) is 99.8 cm³/mol. The molecule has 0 amide bonds. The van der Waals surface area contributed by atoms with Gasteiger partial charge in [-0.15, -0.1) is 0 Å². The van der Waals surface area contributed by atoms with E-state index in [1.165, 1.54) is 0 Å². The molecule has 2 unspecified atom stereocenters. The molecular weight excluding hydrogens is 354 g/mol. The molecule has 0 N–H and O–H groups in total. The summed E-state index contributed by atoms with van der Waals surface area (Å²) < 4.78 is 36.8. The SMILES string of the molecule is CCCCOc1ccc(S(=O)(=O)C2CC(C(=O)OCC)CCN2C)cc1. The van der Waals surface area contributed by atoms with E-state index in [0.29, 0.717) is 31.9 Å². The molecule has 0 aliphatic carbocycles. The Bertz CT molecular complexity index is 686. The molecule has 2 rings (SSSR count). The van der Waals surface area contributed by atoms with Crippen molar-refractivity contribution >= 4 is 15.8 Å². The summed E-state index contributed by atoms with van der Waals surface area (Å²) in [4.78, 5) is 14.1. The number of carbonyl (C=O) groups is 1. The van der Waals surface area contributed by atoms with Crippen LogP contribution in [0.1, 0.15) is 39.5 Å². The van der Waals surface area contributed by atoms with Crippen LogP contribution in [-0.2, 0) is 19.4 Å². The number of nitrogens with zero attached hydrogens (tertiary/aromatic N) is 1. The lowest BCUT2D eigenvalue weighted by Gasteiger charge is -2.35. The Hall–Kier alpha value is -1.60. The summed E-state index contributed by atoms with van der Waals surface area (Å²) in [6, 6.07) is 6.54. The molecule has 2 atom stereocenters. The van der Waals surface area contributed by atoms with Crippen LogP contribution in [0.2, 0.25) is 0 Å². The van der Waals surface area contributed by atoms with Gasteiger partial charge in [-0.25, -0.2) is 8.42 Å². The summed E-state index contributed by atoms with van der Waals surface area (Å²) in [7, 11) is -1.79. The fourth-order valence-electron chi connectivity index (χ4n) is 3.10. The van der Waals surface area contributed by atoms with E-state index in [2.05, 4.69) is 6.92 Å².